The van der Waals surface area contributed by atoms with E-state index >= 15 is 0 Å². The van der Waals surface area contributed by atoms with Crippen LogP contribution in [0.25, 0.3) is 0 Å². The SMILES string of the molecule is O=C(CC1CC2CCC1C2)C(O)C1CC1. The molecule has 3 saturated carbocycles. The lowest BCUT2D eigenvalue weighted by Gasteiger charge is -2.21. The minimum Gasteiger partial charge on any atom is -0.385 e. The molecular weight excluding hydrogens is 188 g/mol. The molecular formula is C13H20O2. The highest BCUT2D eigenvalue weighted by Gasteiger charge is 2.42. The van der Waals surface area contributed by atoms with E-state index in [1.165, 1.54) is 25.7 Å². The molecule has 0 spiro atoms. The van der Waals surface area contributed by atoms with Crippen LogP contribution in [0.4, 0.5) is 0 Å². The molecule has 0 radical (unpaired) electrons. The van der Waals surface area contributed by atoms with Crippen molar-refractivity contribution in [1.29, 1.82) is 0 Å². The van der Waals surface area contributed by atoms with Gasteiger partial charge < -0.3 is 5.11 Å². The Morgan fingerprint density at radius 1 is 1.20 bits per heavy atom. The zero-order valence-corrected chi connectivity index (χ0v) is 9.19. The third-order valence-electron chi connectivity index (χ3n) is 4.75. The van der Waals surface area contributed by atoms with Crippen LogP contribution in [0.15, 0.2) is 0 Å². The van der Waals surface area contributed by atoms with Gasteiger partial charge in [-0.15, -0.1) is 0 Å². The standard InChI is InChI=1S/C13H20O2/c14-12(13(15)9-3-4-9)7-11-6-8-1-2-10(11)5-8/h8-11,13,15H,1-7H2. The summed E-state index contributed by atoms with van der Waals surface area (Å²) in [6, 6.07) is 0. The van der Waals surface area contributed by atoms with Gasteiger partial charge in [-0.25, -0.2) is 0 Å². The second-order valence-electron chi connectivity index (χ2n) is 5.89. The first kappa shape index (κ1) is 9.83. The molecule has 0 aromatic carbocycles. The molecule has 3 aliphatic rings. The topological polar surface area (TPSA) is 37.3 Å². The average Bonchev–Trinajstić information content (AvgIpc) is 2.88. The van der Waals surface area contributed by atoms with Crippen LogP contribution in [0.1, 0.15) is 44.9 Å². The third-order valence-corrected chi connectivity index (χ3v) is 4.75. The van der Waals surface area contributed by atoms with Gasteiger partial charge >= 0.3 is 0 Å². The van der Waals surface area contributed by atoms with Crippen LogP contribution in [0.3, 0.4) is 0 Å². The monoisotopic (exact) mass is 208 g/mol. The molecule has 4 unspecified atom stereocenters. The van der Waals surface area contributed by atoms with Crippen LogP contribution in [-0.2, 0) is 4.79 Å². The maximum absolute atomic E-state index is 11.8. The number of hydrogen-bond acceptors (Lipinski definition) is 2. The first-order valence-corrected chi connectivity index (χ1v) is 6.45. The van der Waals surface area contributed by atoms with Crippen LogP contribution in [0.2, 0.25) is 0 Å². The molecule has 0 aromatic heterocycles. The van der Waals surface area contributed by atoms with Crippen molar-refractivity contribution in [2.24, 2.45) is 23.7 Å². The van der Waals surface area contributed by atoms with Crippen molar-refractivity contribution in [3.63, 3.8) is 0 Å². The summed E-state index contributed by atoms with van der Waals surface area (Å²) in [5.74, 6) is 2.78. The van der Waals surface area contributed by atoms with Crippen molar-refractivity contribution in [2.75, 3.05) is 0 Å². The largest absolute Gasteiger partial charge is 0.385 e. The number of ketones is 1. The maximum Gasteiger partial charge on any atom is 0.161 e. The van der Waals surface area contributed by atoms with Crippen molar-refractivity contribution in [3.05, 3.63) is 0 Å². The zero-order valence-electron chi connectivity index (χ0n) is 9.19. The van der Waals surface area contributed by atoms with E-state index in [0.29, 0.717) is 18.3 Å². The number of carbonyl (C=O) groups excluding carboxylic acids is 1. The van der Waals surface area contributed by atoms with E-state index in [4.69, 9.17) is 0 Å². The predicted molar refractivity (Wildman–Crippen MR) is 57.3 cm³/mol. The van der Waals surface area contributed by atoms with Gasteiger partial charge in [0.1, 0.15) is 6.10 Å². The summed E-state index contributed by atoms with van der Waals surface area (Å²) in [6.07, 6.45) is 7.50. The van der Waals surface area contributed by atoms with E-state index in [9.17, 15) is 9.90 Å². The van der Waals surface area contributed by atoms with Gasteiger partial charge in [0, 0.05) is 6.42 Å². The van der Waals surface area contributed by atoms with E-state index in [0.717, 1.165) is 24.7 Å². The predicted octanol–water partition coefficient (Wildman–Crippen LogP) is 2.15. The molecule has 1 N–H and O–H groups in total. The highest BCUT2D eigenvalue weighted by atomic mass is 16.3. The summed E-state index contributed by atoms with van der Waals surface area (Å²) < 4.78 is 0. The Morgan fingerprint density at radius 2 is 2.00 bits per heavy atom. The summed E-state index contributed by atoms with van der Waals surface area (Å²) in [7, 11) is 0. The number of fused-ring (bicyclic) bond motifs is 2. The molecule has 0 heterocycles. The van der Waals surface area contributed by atoms with Gasteiger partial charge in [-0.05, 0) is 55.8 Å². The van der Waals surface area contributed by atoms with E-state index in [2.05, 4.69) is 0 Å². The Kier molecular flexibility index (Phi) is 2.35. The van der Waals surface area contributed by atoms with Crippen molar-refractivity contribution in [2.45, 2.75) is 51.0 Å². The molecule has 2 bridgehead atoms. The quantitative estimate of drug-likeness (QED) is 0.768. The highest BCUT2D eigenvalue weighted by Crippen LogP contribution is 2.50. The molecule has 2 heteroatoms. The fraction of sp³-hybridized carbons (Fsp3) is 0.923. The molecule has 3 aliphatic carbocycles. The fourth-order valence-electron chi connectivity index (χ4n) is 3.68. The molecule has 0 aromatic rings. The third kappa shape index (κ3) is 1.84. The van der Waals surface area contributed by atoms with Crippen molar-refractivity contribution in [1.82, 2.24) is 0 Å². The number of rotatable bonds is 4. The summed E-state index contributed by atoms with van der Waals surface area (Å²) in [6.45, 7) is 0. The van der Waals surface area contributed by atoms with Gasteiger partial charge in [0.15, 0.2) is 5.78 Å². The molecule has 0 saturated heterocycles. The van der Waals surface area contributed by atoms with Crippen LogP contribution < -0.4 is 0 Å². The lowest BCUT2D eigenvalue weighted by atomic mass is 9.84. The van der Waals surface area contributed by atoms with Crippen LogP contribution in [0, 0.1) is 23.7 Å². The first-order valence-electron chi connectivity index (χ1n) is 6.45. The molecule has 84 valence electrons. The van der Waals surface area contributed by atoms with Gasteiger partial charge in [0.05, 0.1) is 0 Å². The smallest absolute Gasteiger partial charge is 0.161 e. The van der Waals surface area contributed by atoms with Crippen LogP contribution >= 0.6 is 0 Å². The van der Waals surface area contributed by atoms with Crippen LogP contribution in [0.5, 0.6) is 0 Å². The van der Waals surface area contributed by atoms with Gasteiger partial charge in [-0.3, -0.25) is 4.79 Å². The zero-order chi connectivity index (χ0) is 10.4. The highest BCUT2D eigenvalue weighted by molar-refractivity contribution is 5.83. The van der Waals surface area contributed by atoms with Crippen LogP contribution in [-0.4, -0.2) is 17.0 Å². The minimum absolute atomic E-state index is 0.134. The first-order chi connectivity index (χ1) is 7.24. The molecule has 0 amide bonds. The Balaban J connectivity index is 1.54. The lowest BCUT2D eigenvalue weighted by molar-refractivity contribution is -0.129. The van der Waals surface area contributed by atoms with E-state index in [1.54, 1.807) is 0 Å². The Morgan fingerprint density at radius 3 is 2.53 bits per heavy atom. The summed E-state index contributed by atoms with van der Waals surface area (Å²) >= 11 is 0. The van der Waals surface area contributed by atoms with Crippen molar-refractivity contribution >= 4 is 5.78 Å². The molecule has 3 fully saturated rings. The molecule has 0 aliphatic heterocycles. The van der Waals surface area contributed by atoms with Crippen molar-refractivity contribution < 1.29 is 9.90 Å². The Hall–Kier alpha value is -0.370. The van der Waals surface area contributed by atoms with Crippen molar-refractivity contribution in [3.8, 4) is 0 Å². The second kappa shape index (κ2) is 3.58. The molecule has 3 rings (SSSR count). The van der Waals surface area contributed by atoms with Gasteiger partial charge in [0.25, 0.3) is 0 Å². The fourth-order valence-corrected chi connectivity index (χ4v) is 3.68. The Bertz CT molecular complexity index is 270. The number of aliphatic hydroxyl groups is 1. The Labute approximate surface area is 91.1 Å². The second-order valence-corrected chi connectivity index (χ2v) is 5.89. The molecule has 2 nitrogen and oxygen atoms in total. The molecule has 15 heavy (non-hydrogen) atoms. The lowest BCUT2D eigenvalue weighted by Crippen LogP contribution is -2.26. The number of hydrogen-bond donors (Lipinski definition) is 1. The molecule has 4 atom stereocenters. The number of aliphatic hydroxyl groups excluding tert-OH is 1. The number of carbonyl (C=O) groups is 1. The summed E-state index contributed by atoms with van der Waals surface area (Å²) in [5, 5.41) is 9.74. The number of Topliss-reactive ketones (excluding diaryl/α,β-unsaturated/α-hetero) is 1. The average molecular weight is 208 g/mol. The summed E-state index contributed by atoms with van der Waals surface area (Å²) in [4.78, 5) is 11.8. The van der Waals surface area contributed by atoms with E-state index < -0.39 is 6.10 Å². The van der Waals surface area contributed by atoms with E-state index in [1.807, 2.05) is 0 Å². The van der Waals surface area contributed by atoms with E-state index in [-0.39, 0.29) is 5.78 Å². The summed E-state index contributed by atoms with van der Waals surface area (Å²) in [5.41, 5.74) is 0. The van der Waals surface area contributed by atoms with Gasteiger partial charge in [-0.1, -0.05) is 6.42 Å². The normalized spacial score (nSPS) is 40.7. The van der Waals surface area contributed by atoms with Gasteiger partial charge in [-0.2, -0.15) is 0 Å². The minimum atomic E-state index is -0.621. The maximum atomic E-state index is 11.8. The van der Waals surface area contributed by atoms with Gasteiger partial charge in [0.2, 0.25) is 0 Å².